The van der Waals surface area contributed by atoms with Crippen molar-refractivity contribution in [2.45, 2.75) is 23.1 Å². The molecule has 220 valence electrons. The first-order chi connectivity index (χ1) is 20.7. The number of imide groups is 1. The van der Waals surface area contributed by atoms with Gasteiger partial charge < -0.3 is 19.8 Å². The van der Waals surface area contributed by atoms with E-state index in [9.17, 15) is 19.2 Å². The molecule has 6 rings (SSSR count). The van der Waals surface area contributed by atoms with Crippen LogP contribution >= 0.6 is 50.6 Å². The molecule has 9 nitrogen and oxygen atoms in total. The standard InChI is InChI=1S/C30H23BrClN3O6S2/c1-2-40-21-13-15(3-12-20(21)41-14-22(36)33-18-8-6-17(32)7-9-18)23-24-26(42-27-25(23)43-30(39)34-27)29(38)35(28(24)37)19-10-4-16(31)5-11-19/h3-13,23-24,26H,2,14H2,1H3,(H,33,36)(H,34,39)/t23-,24-,26+/m0/s1. The lowest BCUT2D eigenvalue weighted by Gasteiger charge is -2.30. The van der Waals surface area contributed by atoms with Crippen LogP contribution in [0.5, 0.6) is 11.5 Å². The highest BCUT2D eigenvalue weighted by atomic mass is 79.9. The number of hydrogen-bond acceptors (Lipinski definition) is 8. The van der Waals surface area contributed by atoms with Gasteiger partial charge in [-0.15, -0.1) is 0 Å². The van der Waals surface area contributed by atoms with Crippen LogP contribution in [0.25, 0.3) is 0 Å². The van der Waals surface area contributed by atoms with Gasteiger partial charge in [-0.1, -0.05) is 56.7 Å². The molecular formula is C30H23BrClN3O6S2. The van der Waals surface area contributed by atoms with Crippen LogP contribution in [0.15, 0.2) is 81.0 Å². The Hall–Kier alpha value is -3.58. The van der Waals surface area contributed by atoms with Crippen molar-refractivity contribution in [2.24, 2.45) is 5.92 Å². The molecule has 3 heterocycles. The number of amides is 3. The van der Waals surface area contributed by atoms with Gasteiger partial charge in [0.25, 0.3) is 5.91 Å². The van der Waals surface area contributed by atoms with Crippen molar-refractivity contribution in [3.63, 3.8) is 0 Å². The largest absolute Gasteiger partial charge is 0.490 e. The highest BCUT2D eigenvalue weighted by Crippen LogP contribution is 2.53. The first kappa shape index (κ1) is 29.5. The number of halogens is 2. The third kappa shape index (κ3) is 5.84. The van der Waals surface area contributed by atoms with Crippen LogP contribution in [0.4, 0.5) is 11.4 Å². The van der Waals surface area contributed by atoms with Crippen molar-refractivity contribution in [2.75, 3.05) is 23.4 Å². The number of thiazole rings is 1. The Bertz CT molecular complexity index is 1780. The number of hydrogen-bond donors (Lipinski definition) is 2. The van der Waals surface area contributed by atoms with Gasteiger partial charge in [0.2, 0.25) is 11.8 Å². The van der Waals surface area contributed by atoms with Crippen LogP contribution in [-0.2, 0) is 14.4 Å². The fourth-order valence-electron chi connectivity index (χ4n) is 5.20. The summed E-state index contributed by atoms with van der Waals surface area (Å²) in [5, 5.41) is 3.17. The molecule has 0 saturated carbocycles. The van der Waals surface area contributed by atoms with E-state index in [1.54, 1.807) is 66.7 Å². The summed E-state index contributed by atoms with van der Waals surface area (Å²) >= 11 is 11.6. The van der Waals surface area contributed by atoms with Crippen LogP contribution in [0, 0.1) is 5.92 Å². The zero-order valence-electron chi connectivity index (χ0n) is 22.5. The molecule has 43 heavy (non-hydrogen) atoms. The topological polar surface area (TPSA) is 118 Å². The van der Waals surface area contributed by atoms with E-state index in [0.717, 1.165) is 15.8 Å². The quantitative estimate of drug-likeness (QED) is 0.215. The van der Waals surface area contributed by atoms with Gasteiger partial charge in [0, 0.05) is 26.0 Å². The van der Waals surface area contributed by atoms with Gasteiger partial charge >= 0.3 is 4.87 Å². The average Bonchev–Trinajstić information content (AvgIpc) is 3.48. The molecule has 0 bridgehead atoms. The van der Waals surface area contributed by atoms with Crippen molar-refractivity contribution < 1.29 is 23.9 Å². The molecule has 0 unspecified atom stereocenters. The van der Waals surface area contributed by atoms with Crippen molar-refractivity contribution >= 4 is 79.7 Å². The van der Waals surface area contributed by atoms with E-state index in [2.05, 4.69) is 26.2 Å². The number of carbonyl (C=O) groups excluding carboxylic acids is 3. The number of H-pyrrole nitrogens is 1. The molecule has 0 spiro atoms. The van der Waals surface area contributed by atoms with E-state index >= 15 is 0 Å². The summed E-state index contributed by atoms with van der Waals surface area (Å²) in [4.78, 5) is 57.1. The van der Waals surface area contributed by atoms with Crippen LogP contribution in [0.1, 0.15) is 23.3 Å². The molecule has 1 fully saturated rings. The summed E-state index contributed by atoms with van der Waals surface area (Å²) in [6.07, 6.45) is 0. The Kier molecular flexibility index (Phi) is 8.36. The minimum absolute atomic E-state index is 0.260. The third-order valence-electron chi connectivity index (χ3n) is 7.02. The van der Waals surface area contributed by atoms with E-state index in [0.29, 0.717) is 50.0 Å². The monoisotopic (exact) mass is 699 g/mol. The predicted molar refractivity (Wildman–Crippen MR) is 170 cm³/mol. The third-order valence-corrected chi connectivity index (χ3v) is 10.2. The number of carbonyl (C=O) groups is 3. The number of rotatable bonds is 8. The Labute approximate surface area is 267 Å². The molecule has 2 aliphatic rings. The SMILES string of the molecule is CCOc1cc([C@@H]2c3sc(=O)[nH]c3S[C@H]3C(=O)N(c4ccc(Br)cc4)C(=O)[C@@H]23)ccc1OCC(=O)Nc1ccc(Cl)cc1. The van der Waals surface area contributed by atoms with Crippen molar-refractivity contribution in [3.8, 4) is 11.5 Å². The molecular weight excluding hydrogens is 678 g/mol. The molecule has 2 N–H and O–H groups in total. The van der Waals surface area contributed by atoms with E-state index in [1.807, 2.05) is 6.92 Å². The molecule has 1 aromatic heterocycles. The number of ether oxygens (including phenoxy) is 2. The molecule has 1 saturated heterocycles. The van der Waals surface area contributed by atoms with Crippen molar-refractivity contribution in [1.29, 1.82) is 0 Å². The highest BCUT2D eigenvalue weighted by molar-refractivity contribution is 9.10. The fraction of sp³-hybridized carbons (Fsp3) is 0.200. The lowest BCUT2D eigenvalue weighted by atomic mass is 9.83. The van der Waals surface area contributed by atoms with E-state index in [-0.39, 0.29) is 29.2 Å². The summed E-state index contributed by atoms with van der Waals surface area (Å²) < 4.78 is 12.5. The maximum Gasteiger partial charge on any atom is 0.305 e. The zero-order chi connectivity index (χ0) is 30.2. The number of benzene rings is 3. The van der Waals surface area contributed by atoms with E-state index in [1.165, 1.54) is 16.7 Å². The van der Waals surface area contributed by atoms with Crippen LogP contribution in [0.2, 0.25) is 5.02 Å². The van der Waals surface area contributed by atoms with Crippen molar-refractivity contribution in [1.82, 2.24) is 4.98 Å². The molecule has 3 amide bonds. The predicted octanol–water partition coefficient (Wildman–Crippen LogP) is 6.06. The first-order valence-electron chi connectivity index (χ1n) is 13.2. The summed E-state index contributed by atoms with van der Waals surface area (Å²) in [5.74, 6) is -1.65. The van der Waals surface area contributed by atoms with Gasteiger partial charge in [-0.2, -0.15) is 0 Å². The minimum Gasteiger partial charge on any atom is -0.490 e. The molecule has 2 aliphatic heterocycles. The summed E-state index contributed by atoms with van der Waals surface area (Å²) in [5.41, 5.74) is 1.75. The lowest BCUT2D eigenvalue weighted by molar-refractivity contribution is -0.122. The number of thioether (sulfide) groups is 1. The van der Waals surface area contributed by atoms with Gasteiger partial charge in [-0.25, -0.2) is 4.90 Å². The van der Waals surface area contributed by atoms with Crippen LogP contribution < -0.4 is 24.6 Å². The van der Waals surface area contributed by atoms with Gasteiger partial charge in [0.05, 0.1) is 23.2 Å². The van der Waals surface area contributed by atoms with Crippen molar-refractivity contribution in [3.05, 3.63) is 96.3 Å². The summed E-state index contributed by atoms with van der Waals surface area (Å²) in [6.45, 7) is 1.87. The van der Waals surface area contributed by atoms with Crippen LogP contribution in [-0.4, -0.2) is 41.2 Å². The fourth-order valence-corrected chi connectivity index (χ4v) is 8.11. The van der Waals surface area contributed by atoms with Gasteiger partial charge in [0.1, 0.15) is 5.25 Å². The maximum atomic E-state index is 13.9. The zero-order valence-corrected chi connectivity index (χ0v) is 26.4. The molecule has 0 radical (unpaired) electrons. The second kappa shape index (κ2) is 12.2. The van der Waals surface area contributed by atoms with Gasteiger partial charge in [-0.3, -0.25) is 19.2 Å². The Balaban J connectivity index is 1.31. The Morgan fingerprint density at radius 2 is 1.74 bits per heavy atom. The second-order valence-corrected chi connectivity index (χ2v) is 13.2. The maximum absolute atomic E-state index is 13.9. The minimum atomic E-state index is -0.744. The van der Waals surface area contributed by atoms with E-state index in [4.69, 9.17) is 21.1 Å². The number of aromatic nitrogens is 1. The average molecular weight is 701 g/mol. The van der Waals surface area contributed by atoms with Crippen LogP contribution in [0.3, 0.4) is 0 Å². The lowest BCUT2D eigenvalue weighted by Crippen LogP contribution is -2.32. The molecule has 0 aliphatic carbocycles. The highest BCUT2D eigenvalue weighted by Gasteiger charge is 2.56. The smallest absolute Gasteiger partial charge is 0.305 e. The number of nitrogens with zero attached hydrogens (tertiary/aromatic N) is 1. The molecule has 4 aromatic rings. The van der Waals surface area contributed by atoms with Gasteiger partial charge in [-0.05, 0) is 73.2 Å². The first-order valence-corrected chi connectivity index (χ1v) is 16.1. The molecule has 3 atom stereocenters. The number of anilines is 2. The molecule has 3 aromatic carbocycles. The Morgan fingerprint density at radius 1 is 1.00 bits per heavy atom. The Morgan fingerprint density at radius 3 is 2.47 bits per heavy atom. The van der Waals surface area contributed by atoms with Gasteiger partial charge in [0.15, 0.2) is 18.1 Å². The number of nitrogens with one attached hydrogen (secondary N) is 2. The number of aromatic amines is 1. The molecule has 13 heteroatoms. The second-order valence-electron chi connectivity index (χ2n) is 9.72. The number of fused-ring (bicyclic) bond motifs is 2. The van der Waals surface area contributed by atoms with E-state index < -0.39 is 17.1 Å². The summed E-state index contributed by atoms with van der Waals surface area (Å²) in [6, 6.07) is 18.9. The summed E-state index contributed by atoms with van der Waals surface area (Å²) in [7, 11) is 0. The normalized spacial score (nSPS) is 19.1.